The Bertz CT molecular complexity index is 1270. The van der Waals surface area contributed by atoms with Crippen LogP contribution in [0.2, 0.25) is 0 Å². The molecule has 2 aromatic carbocycles. The average molecular weight is 460 g/mol. The van der Waals surface area contributed by atoms with Crippen molar-refractivity contribution in [3.63, 3.8) is 0 Å². The van der Waals surface area contributed by atoms with Gasteiger partial charge in [-0.05, 0) is 36.8 Å². The van der Waals surface area contributed by atoms with Gasteiger partial charge in [0.05, 0.1) is 25.5 Å². The maximum atomic E-state index is 13.3. The zero-order chi connectivity index (χ0) is 23.7. The highest BCUT2D eigenvalue weighted by Crippen LogP contribution is 2.41. The van der Waals surface area contributed by atoms with Crippen molar-refractivity contribution in [2.75, 3.05) is 27.3 Å². The zero-order valence-corrected chi connectivity index (χ0v) is 19.6. The second kappa shape index (κ2) is 8.97. The van der Waals surface area contributed by atoms with Gasteiger partial charge in [-0.1, -0.05) is 30.3 Å². The molecule has 0 aliphatic carbocycles. The number of carbonyl (C=O) groups is 1. The lowest BCUT2D eigenvalue weighted by Gasteiger charge is -2.27. The smallest absolute Gasteiger partial charge is 0.257 e. The fourth-order valence-corrected chi connectivity index (χ4v) is 5.25. The van der Waals surface area contributed by atoms with E-state index in [0.717, 1.165) is 42.8 Å². The summed E-state index contributed by atoms with van der Waals surface area (Å²) in [5, 5.41) is 0. The van der Waals surface area contributed by atoms with Crippen molar-refractivity contribution in [3.8, 4) is 22.8 Å². The number of fused-ring (bicyclic) bond motifs is 1. The highest BCUT2D eigenvalue weighted by atomic mass is 16.5. The van der Waals surface area contributed by atoms with Gasteiger partial charge in [0, 0.05) is 43.8 Å². The van der Waals surface area contributed by atoms with E-state index in [4.69, 9.17) is 14.5 Å². The highest BCUT2D eigenvalue weighted by molar-refractivity contribution is 5.97. The van der Waals surface area contributed by atoms with Crippen LogP contribution >= 0.6 is 0 Å². The van der Waals surface area contributed by atoms with Crippen molar-refractivity contribution in [2.24, 2.45) is 5.41 Å². The molecule has 0 saturated carbocycles. The number of benzene rings is 2. The van der Waals surface area contributed by atoms with Crippen molar-refractivity contribution < 1.29 is 14.3 Å². The Balaban J connectivity index is 1.35. The number of carbonyl (C=O) groups excluding carboxylic acids is 1. The molecule has 5 rings (SSSR count). The zero-order valence-electron chi connectivity index (χ0n) is 19.6. The molecule has 1 unspecified atom stereocenters. The molecule has 1 saturated heterocycles. The van der Waals surface area contributed by atoms with Gasteiger partial charge < -0.3 is 14.4 Å². The van der Waals surface area contributed by atoms with Gasteiger partial charge >= 0.3 is 0 Å². The van der Waals surface area contributed by atoms with Crippen LogP contribution in [-0.2, 0) is 13.0 Å². The number of hydrogen-bond acceptors (Lipinski definition) is 5. The van der Waals surface area contributed by atoms with E-state index in [-0.39, 0.29) is 16.9 Å². The molecule has 176 valence electrons. The summed E-state index contributed by atoms with van der Waals surface area (Å²) < 4.78 is 12.5. The van der Waals surface area contributed by atoms with Gasteiger partial charge in [-0.3, -0.25) is 14.2 Å². The molecule has 1 amide bonds. The summed E-state index contributed by atoms with van der Waals surface area (Å²) in [6.45, 7) is 2.00. The van der Waals surface area contributed by atoms with Gasteiger partial charge in [-0.15, -0.1) is 0 Å². The van der Waals surface area contributed by atoms with Crippen molar-refractivity contribution in [1.29, 1.82) is 0 Å². The largest absolute Gasteiger partial charge is 0.497 e. The Morgan fingerprint density at radius 3 is 2.53 bits per heavy atom. The Labute approximate surface area is 199 Å². The van der Waals surface area contributed by atoms with Gasteiger partial charge in [0.2, 0.25) is 0 Å². The summed E-state index contributed by atoms with van der Waals surface area (Å²) in [5.74, 6) is 1.98. The van der Waals surface area contributed by atoms with E-state index in [1.165, 1.54) is 0 Å². The molecule has 3 heterocycles. The average Bonchev–Trinajstić information content (AvgIpc) is 3.21. The number of ether oxygens (including phenoxy) is 2. The van der Waals surface area contributed by atoms with Crippen molar-refractivity contribution in [2.45, 2.75) is 32.2 Å². The topological polar surface area (TPSA) is 73.7 Å². The van der Waals surface area contributed by atoms with E-state index >= 15 is 0 Å². The number of rotatable bonds is 4. The standard InChI is InChI=1S/C27H29N3O4/c1-33-20-8-9-21(23(16-20)34-2)26(32)29-14-12-27(18-29)11-10-24-28-22(19-6-4-3-5-7-19)17-25(31)30(24)15-13-27/h3-9,16-17H,10-15,18H2,1-2H3. The molecule has 0 bridgehead atoms. The van der Waals surface area contributed by atoms with Crippen LogP contribution in [0.3, 0.4) is 0 Å². The first kappa shape index (κ1) is 22.2. The van der Waals surface area contributed by atoms with E-state index in [0.29, 0.717) is 36.7 Å². The van der Waals surface area contributed by atoms with Crippen molar-refractivity contribution in [3.05, 3.63) is 76.3 Å². The van der Waals surface area contributed by atoms with Gasteiger partial charge in [-0.25, -0.2) is 4.98 Å². The Morgan fingerprint density at radius 1 is 0.971 bits per heavy atom. The van der Waals surface area contributed by atoms with Crippen LogP contribution in [0.25, 0.3) is 11.3 Å². The first-order chi connectivity index (χ1) is 16.5. The van der Waals surface area contributed by atoms with Gasteiger partial charge in [0.15, 0.2) is 0 Å². The molecule has 3 aromatic rings. The molecule has 7 heteroatoms. The molecule has 2 aliphatic rings. The maximum Gasteiger partial charge on any atom is 0.257 e. The van der Waals surface area contributed by atoms with E-state index in [2.05, 4.69) is 0 Å². The molecule has 34 heavy (non-hydrogen) atoms. The molecule has 0 N–H and O–H groups in total. The molecule has 7 nitrogen and oxygen atoms in total. The van der Waals surface area contributed by atoms with Crippen LogP contribution in [0, 0.1) is 5.41 Å². The normalized spacial score (nSPS) is 19.5. The number of nitrogens with zero attached hydrogens (tertiary/aromatic N) is 3. The van der Waals surface area contributed by atoms with Crippen molar-refractivity contribution in [1.82, 2.24) is 14.5 Å². The maximum absolute atomic E-state index is 13.3. The second-order valence-electron chi connectivity index (χ2n) is 9.21. The van der Waals surface area contributed by atoms with E-state index < -0.39 is 0 Å². The van der Waals surface area contributed by atoms with Crippen LogP contribution in [0.15, 0.2) is 59.4 Å². The third-order valence-electron chi connectivity index (χ3n) is 7.27. The minimum Gasteiger partial charge on any atom is -0.497 e. The molecule has 1 fully saturated rings. The summed E-state index contributed by atoms with van der Waals surface area (Å²) in [4.78, 5) is 33.1. The molecular formula is C27H29N3O4. The summed E-state index contributed by atoms with van der Waals surface area (Å²) in [5.41, 5.74) is 2.20. The Hall–Kier alpha value is -3.61. The molecular weight excluding hydrogens is 430 g/mol. The van der Waals surface area contributed by atoms with Crippen LogP contribution < -0.4 is 15.0 Å². The highest BCUT2D eigenvalue weighted by Gasteiger charge is 2.41. The quantitative estimate of drug-likeness (QED) is 0.593. The fraction of sp³-hybridized carbons (Fsp3) is 0.370. The summed E-state index contributed by atoms with van der Waals surface area (Å²) in [6, 6.07) is 16.7. The third-order valence-corrected chi connectivity index (χ3v) is 7.27. The monoisotopic (exact) mass is 459 g/mol. The van der Waals surface area contributed by atoms with E-state index in [1.807, 2.05) is 39.8 Å². The van der Waals surface area contributed by atoms with Crippen LogP contribution in [0.1, 0.15) is 35.4 Å². The lowest BCUT2D eigenvalue weighted by molar-refractivity contribution is 0.0763. The van der Waals surface area contributed by atoms with E-state index in [9.17, 15) is 9.59 Å². The second-order valence-corrected chi connectivity index (χ2v) is 9.21. The summed E-state index contributed by atoms with van der Waals surface area (Å²) in [6.07, 6.45) is 3.41. The van der Waals surface area contributed by atoms with Crippen LogP contribution in [0.4, 0.5) is 0 Å². The van der Waals surface area contributed by atoms with Crippen LogP contribution in [-0.4, -0.2) is 47.7 Å². The number of hydrogen-bond donors (Lipinski definition) is 0. The van der Waals surface area contributed by atoms with Gasteiger partial charge in [-0.2, -0.15) is 0 Å². The molecule has 2 aliphatic heterocycles. The summed E-state index contributed by atoms with van der Waals surface area (Å²) in [7, 11) is 3.15. The number of amides is 1. The SMILES string of the molecule is COc1ccc(C(=O)N2CCC3(CCc4nc(-c5ccccc5)cc(=O)n4CC3)C2)c(OC)c1. The number of aromatic nitrogens is 2. The van der Waals surface area contributed by atoms with E-state index in [1.54, 1.807) is 38.5 Å². The number of aryl methyl sites for hydroxylation is 1. The van der Waals surface area contributed by atoms with Gasteiger partial charge in [0.1, 0.15) is 17.3 Å². The lowest BCUT2D eigenvalue weighted by atomic mass is 9.80. The minimum atomic E-state index is -0.0280. The Morgan fingerprint density at radius 2 is 1.76 bits per heavy atom. The molecule has 1 spiro atoms. The summed E-state index contributed by atoms with van der Waals surface area (Å²) >= 11 is 0. The third kappa shape index (κ3) is 4.06. The number of methoxy groups -OCH3 is 2. The molecule has 1 aromatic heterocycles. The van der Waals surface area contributed by atoms with Crippen LogP contribution in [0.5, 0.6) is 11.5 Å². The molecule has 0 radical (unpaired) electrons. The van der Waals surface area contributed by atoms with Crippen molar-refractivity contribution >= 4 is 5.91 Å². The lowest BCUT2D eigenvalue weighted by Crippen LogP contribution is -2.33. The first-order valence-corrected chi connectivity index (χ1v) is 11.7. The predicted octanol–water partition coefficient (Wildman–Crippen LogP) is 3.80. The fourth-order valence-electron chi connectivity index (χ4n) is 5.25. The molecule has 1 atom stereocenters. The number of likely N-dealkylation sites (tertiary alicyclic amines) is 1. The predicted molar refractivity (Wildman–Crippen MR) is 129 cm³/mol. The first-order valence-electron chi connectivity index (χ1n) is 11.7. The Kier molecular flexibility index (Phi) is 5.86. The minimum absolute atomic E-state index is 0.00481. The van der Waals surface area contributed by atoms with Gasteiger partial charge in [0.25, 0.3) is 11.5 Å².